The number of hydrogen-bond donors (Lipinski definition) is 5. The Labute approximate surface area is 85.5 Å². The van der Waals surface area contributed by atoms with E-state index >= 15 is 0 Å². The van der Waals surface area contributed by atoms with Crippen molar-refractivity contribution in [2.24, 2.45) is 0 Å². The van der Waals surface area contributed by atoms with Crippen LogP contribution in [0.1, 0.15) is 0 Å². The van der Waals surface area contributed by atoms with E-state index in [4.69, 9.17) is 14.9 Å². The molecule has 0 amide bonds. The van der Waals surface area contributed by atoms with Gasteiger partial charge < -0.3 is 30.3 Å². The van der Waals surface area contributed by atoms with Crippen LogP contribution < -0.4 is 0 Å². The summed E-state index contributed by atoms with van der Waals surface area (Å²) in [6, 6.07) is 0. The number of carbonyl (C=O) groups excluding carboxylic acids is 1. The van der Waals surface area contributed by atoms with Gasteiger partial charge in [0.25, 0.3) is 0 Å². The van der Waals surface area contributed by atoms with Crippen molar-refractivity contribution >= 4 is 5.78 Å². The monoisotopic (exact) mass is 221 g/mol. The molecule has 1 aliphatic rings. The maximum Gasteiger partial charge on any atom is 0.196 e. The molecule has 0 aromatic carbocycles. The van der Waals surface area contributed by atoms with Gasteiger partial charge in [-0.05, 0) is 0 Å². The van der Waals surface area contributed by atoms with E-state index in [1.165, 1.54) is 0 Å². The molecule has 1 heterocycles. The predicted molar refractivity (Wildman–Crippen MR) is 45.3 cm³/mol. The van der Waals surface area contributed by atoms with Crippen molar-refractivity contribution in [1.82, 2.24) is 0 Å². The van der Waals surface area contributed by atoms with Gasteiger partial charge in [-0.3, -0.25) is 4.79 Å². The van der Waals surface area contributed by atoms with Gasteiger partial charge in [-0.2, -0.15) is 0 Å². The van der Waals surface area contributed by atoms with Crippen molar-refractivity contribution in [1.29, 1.82) is 0 Å². The van der Waals surface area contributed by atoms with Crippen LogP contribution in [0.3, 0.4) is 0 Å². The Balaban J connectivity index is 2.78. The Hall–Kier alpha value is -0.570. The molecule has 0 bridgehead atoms. The number of rotatable bonds is 3. The summed E-state index contributed by atoms with van der Waals surface area (Å²) < 4.78 is 4.78. The number of Topliss-reactive ketones (excluding diaryl/α,β-unsaturated/α-hetero) is 1. The van der Waals surface area contributed by atoms with Gasteiger partial charge in [0, 0.05) is 0 Å². The third-order valence-corrected chi connectivity index (χ3v) is 2.20. The second kappa shape index (κ2) is 4.97. The fourth-order valence-corrected chi connectivity index (χ4v) is 1.32. The van der Waals surface area contributed by atoms with Gasteiger partial charge in [0.2, 0.25) is 0 Å². The zero-order valence-electron chi connectivity index (χ0n) is 7.78. The molecule has 1 fully saturated rings. The molecule has 1 saturated heterocycles. The number of carbonyl (C=O) groups is 1. The summed E-state index contributed by atoms with van der Waals surface area (Å²) in [4.78, 5) is 11.0. The van der Waals surface area contributed by atoms with Gasteiger partial charge in [-0.15, -0.1) is 0 Å². The summed E-state index contributed by atoms with van der Waals surface area (Å²) in [5.74, 6) is -0.896. The van der Waals surface area contributed by atoms with E-state index in [0.29, 0.717) is 0 Å². The number of hydrogen-bond acceptors (Lipinski definition) is 7. The van der Waals surface area contributed by atoms with Crippen LogP contribution in [0.15, 0.2) is 0 Å². The number of ether oxygens (including phenoxy) is 1. The minimum Gasteiger partial charge on any atom is -0.394 e. The highest BCUT2D eigenvalue weighted by molar-refractivity contribution is 5.92. The van der Waals surface area contributed by atoms with Crippen LogP contribution in [0.5, 0.6) is 0 Å². The lowest BCUT2D eigenvalue weighted by Crippen LogP contribution is -2.57. The molecular formula is C8H13O7. The van der Waals surface area contributed by atoms with Crippen molar-refractivity contribution in [2.75, 3.05) is 13.2 Å². The Kier molecular flexibility index (Phi) is 4.14. The predicted octanol–water partition coefficient (Wildman–Crippen LogP) is -3.45. The fraction of sp³-hybridized carbons (Fsp3) is 0.750. The second-order valence-corrected chi connectivity index (χ2v) is 3.21. The van der Waals surface area contributed by atoms with Gasteiger partial charge in [-0.1, -0.05) is 0 Å². The molecule has 5 N–H and O–H groups in total. The fourth-order valence-electron chi connectivity index (χ4n) is 1.32. The topological polar surface area (TPSA) is 127 Å². The Morgan fingerprint density at radius 3 is 2.27 bits per heavy atom. The lowest BCUT2D eigenvalue weighted by atomic mass is 9.93. The summed E-state index contributed by atoms with van der Waals surface area (Å²) >= 11 is 0. The van der Waals surface area contributed by atoms with Crippen LogP contribution in [0.25, 0.3) is 0 Å². The molecule has 0 spiro atoms. The average Bonchev–Trinajstić information content (AvgIpc) is 2.25. The standard InChI is InChI=1S/C8H13O7/c9-1-3(11)8-7(14)6(13)5(12)4(2-10)15-8/h4-7,9-10,12-14H,1-2H2/t4-,5+,6+,7-/m1/s1. The molecule has 15 heavy (non-hydrogen) atoms. The first-order chi connectivity index (χ1) is 7.02. The summed E-state index contributed by atoms with van der Waals surface area (Å²) in [5, 5.41) is 45.3. The van der Waals surface area contributed by atoms with Crippen LogP contribution in [0.2, 0.25) is 0 Å². The number of ketones is 1. The summed E-state index contributed by atoms with van der Waals surface area (Å²) in [7, 11) is 0. The van der Waals surface area contributed by atoms with Crippen molar-refractivity contribution in [3.63, 3.8) is 0 Å². The zero-order valence-corrected chi connectivity index (χ0v) is 7.78. The highest BCUT2D eigenvalue weighted by Crippen LogP contribution is 2.26. The van der Waals surface area contributed by atoms with Crippen molar-refractivity contribution in [2.45, 2.75) is 24.4 Å². The lowest BCUT2D eigenvalue weighted by Gasteiger charge is -2.38. The molecule has 0 unspecified atom stereocenters. The maximum absolute atomic E-state index is 11.0. The van der Waals surface area contributed by atoms with Crippen molar-refractivity contribution in [3.8, 4) is 0 Å². The van der Waals surface area contributed by atoms with Gasteiger partial charge in [0.15, 0.2) is 11.9 Å². The third-order valence-electron chi connectivity index (χ3n) is 2.20. The molecule has 7 nitrogen and oxygen atoms in total. The van der Waals surface area contributed by atoms with Crippen molar-refractivity contribution in [3.05, 3.63) is 6.10 Å². The summed E-state index contributed by atoms with van der Waals surface area (Å²) in [5.41, 5.74) is 0. The van der Waals surface area contributed by atoms with E-state index in [9.17, 15) is 20.1 Å². The second-order valence-electron chi connectivity index (χ2n) is 3.21. The quantitative estimate of drug-likeness (QED) is 0.335. The average molecular weight is 221 g/mol. The first kappa shape index (κ1) is 12.5. The molecule has 1 radical (unpaired) electrons. The van der Waals surface area contributed by atoms with E-state index in [-0.39, 0.29) is 0 Å². The Morgan fingerprint density at radius 2 is 1.80 bits per heavy atom. The lowest BCUT2D eigenvalue weighted by molar-refractivity contribution is -0.194. The summed E-state index contributed by atoms with van der Waals surface area (Å²) in [6.45, 7) is -1.50. The van der Waals surface area contributed by atoms with Crippen LogP contribution in [-0.2, 0) is 9.53 Å². The molecule has 0 aliphatic carbocycles. The Morgan fingerprint density at radius 1 is 1.20 bits per heavy atom. The van der Waals surface area contributed by atoms with E-state index in [2.05, 4.69) is 0 Å². The highest BCUT2D eigenvalue weighted by atomic mass is 16.5. The minimum absolute atomic E-state index is 0.547. The van der Waals surface area contributed by atoms with Crippen LogP contribution in [0.4, 0.5) is 0 Å². The number of aliphatic hydroxyl groups excluding tert-OH is 5. The zero-order chi connectivity index (χ0) is 11.6. The Bertz CT molecular complexity index is 229. The molecule has 0 saturated carbocycles. The van der Waals surface area contributed by atoms with Crippen LogP contribution >= 0.6 is 0 Å². The van der Waals surface area contributed by atoms with E-state index < -0.39 is 49.5 Å². The molecular weight excluding hydrogens is 208 g/mol. The summed E-state index contributed by atoms with van der Waals surface area (Å²) in [6.07, 6.45) is -6.53. The third kappa shape index (κ3) is 2.33. The van der Waals surface area contributed by atoms with Gasteiger partial charge in [0.05, 0.1) is 6.61 Å². The van der Waals surface area contributed by atoms with Crippen LogP contribution in [-0.4, -0.2) is 68.9 Å². The smallest absolute Gasteiger partial charge is 0.196 e. The van der Waals surface area contributed by atoms with Gasteiger partial charge >= 0.3 is 0 Å². The maximum atomic E-state index is 11.0. The van der Waals surface area contributed by atoms with Gasteiger partial charge in [-0.25, -0.2) is 0 Å². The minimum atomic E-state index is -1.69. The van der Waals surface area contributed by atoms with Crippen molar-refractivity contribution < 1.29 is 35.1 Å². The molecule has 1 aliphatic heterocycles. The molecule has 4 atom stereocenters. The van der Waals surface area contributed by atoms with Crippen LogP contribution in [0, 0.1) is 6.10 Å². The molecule has 7 heteroatoms. The molecule has 0 aromatic rings. The first-order valence-electron chi connectivity index (χ1n) is 4.35. The highest BCUT2D eigenvalue weighted by Gasteiger charge is 2.46. The number of aliphatic hydroxyl groups is 5. The first-order valence-corrected chi connectivity index (χ1v) is 4.35. The van der Waals surface area contributed by atoms with Gasteiger partial charge in [0.1, 0.15) is 31.0 Å². The normalized spacial score (nSPS) is 37.9. The van der Waals surface area contributed by atoms with E-state index in [1.54, 1.807) is 0 Å². The molecule has 87 valence electrons. The largest absolute Gasteiger partial charge is 0.394 e. The van der Waals surface area contributed by atoms with E-state index in [0.717, 1.165) is 0 Å². The molecule has 0 aromatic heterocycles. The molecule has 1 rings (SSSR count). The SMILES string of the molecule is O=C(CO)[C]1O[C@H](CO)[C@H](O)[C@H](O)[C@H]1O. The van der Waals surface area contributed by atoms with E-state index in [1.807, 2.05) is 0 Å².